The molecular weight excluding hydrogens is 653 g/mol. The van der Waals surface area contributed by atoms with Crippen molar-refractivity contribution in [1.82, 2.24) is 24.8 Å². The van der Waals surface area contributed by atoms with Gasteiger partial charge >= 0.3 is 0 Å². The van der Waals surface area contributed by atoms with E-state index in [0.29, 0.717) is 42.8 Å². The van der Waals surface area contributed by atoms with Crippen molar-refractivity contribution in [3.05, 3.63) is 73.8 Å². The summed E-state index contributed by atoms with van der Waals surface area (Å²) in [4.78, 5) is 50.1. The minimum atomic E-state index is -0.899. The molecule has 0 aliphatic carbocycles. The fourth-order valence-corrected chi connectivity index (χ4v) is 10.8. The molecule has 3 aromatic rings. The number of likely N-dealkylation sites (tertiary alicyclic amines) is 1. The Hall–Kier alpha value is -4.16. The van der Waals surface area contributed by atoms with Gasteiger partial charge in [0, 0.05) is 23.5 Å². The first-order valence-corrected chi connectivity index (χ1v) is 18.4. The van der Waals surface area contributed by atoms with Crippen LogP contribution < -0.4 is 9.64 Å². The Morgan fingerprint density at radius 1 is 1.10 bits per heavy atom. The number of aliphatic hydroxyl groups excluding tert-OH is 1. The number of ether oxygens (including phenoxy) is 1. The average molecular weight is 701 g/mol. The predicted molar refractivity (Wildman–Crippen MR) is 196 cm³/mol. The number of carbonyl (C=O) groups excluding carboxylic acids is 3. The molecule has 0 radical (unpaired) electrons. The maximum absolute atomic E-state index is 15.1. The molecule has 0 saturated carbocycles. The molecule has 2 unspecified atom stereocenters. The Morgan fingerprint density at radius 2 is 1.82 bits per heavy atom. The second-order valence-electron chi connectivity index (χ2n) is 13.8. The van der Waals surface area contributed by atoms with Crippen LogP contribution in [0.15, 0.2) is 73.8 Å². The normalized spacial score (nSPS) is 26.5. The zero-order chi connectivity index (χ0) is 35.8. The number of fused-ring (bicyclic) bond motifs is 2. The van der Waals surface area contributed by atoms with Gasteiger partial charge in [-0.1, -0.05) is 49.8 Å². The van der Waals surface area contributed by atoms with Gasteiger partial charge in [-0.15, -0.1) is 30.0 Å². The van der Waals surface area contributed by atoms with Gasteiger partial charge in [-0.05, 0) is 69.0 Å². The maximum Gasteiger partial charge on any atom is 0.248 e. The molecule has 266 valence electrons. The van der Waals surface area contributed by atoms with Gasteiger partial charge in [0.15, 0.2) is 0 Å². The van der Waals surface area contributed by atoms with E-state index in [9.17, 15) is 9.90 Å². The quantitative estimate of drug-likeness (QED) is 0.222. The third kappa shape index (κ3) is 5.79. The molecule has 4 heterocycles. The van der Waals surface area contributed by atoms with Crippen molar-refractivity contribution in [2.24, 2.45) is 17.8 Å². The molecule has 2 aromatic carbocycles. The third-order valence-electron chi connectivity index (χ3n) is 11.0. The van der Waals surface area contributed by atoms with Crippen LogP contribution in [0.3, 0.4) is 0 Å². The van der Waals surface area contributed by atoms with E-state index < -0.39 is 33.4 Å². The molecule has 11 nitrogen and oxygen atoms in total. The van der Waals surface area contributed by atoms with Crippen LogP contribution in [0.4, 0.5) is 5.69 Å². The number of thioether (sulfide) groups is 1. The Balaban J connectivity index is 1.42. The van der Waals surface area contributed by atoms with Crippen molar-refractivity contribution < 1.29 is 24.2 Å². The molecule has 1 N–H and O–H groups in total. The Kier molecular flexibility index (Phi) is 10.1. The van der Waals surface area contributed by atoms with Gasteiger partial charge in [0.05, 0.1) is 41.4 Å². The highest BCUT2D eigenvalue weighted by atomic mass is 32.2. The molecule has 6 rings (SSSR count). The van der Waals surface area contributed by atoms with E-state index in [1.165, 1.54) is 0 Å². The fourth-order valence-electron chi connectivity index (χ4n) is 8.43. The number of hydrogen-bond acceptors (Lipinski definition) is 8. The zero-order valence-corrected chi connectivity index (χ0v) is 30.2. The number of hydrogen-bond donors (Lipinski definition) is 1. The number of rotatable bonds is 15. The molecule has 7 atom stereocenters. The number of carbonyl (C=O) groups is 3. The smallest absolute Gasteiger partial charge is 0.248 e. The van der Waals surface area contributed by atoms with Crippen LogP contribution >= 0.6 is 11.8 Å². The molecule has 50 heavy (non-hydrogen) atoms. The van der Waals surface area contributed by atoms with E-state index in [2.05, 4.69) is 30.4 Å². The van der Waals surface area contributed by atoms with Crippen molar-refractivity contribution >= 4 is 46.2 Å². The molecule has 3 aliphatic heterocycles. The number of nitrogens with zero attached hydrogens (tertiary/aromatic N) is 6. The van der Waals surface area contributed by atoms with Crippen molar-refractivity contribution in [1.29, 1.82) is 0 Å². The summed E-state index contributed by atoms with van der Waals surface area (Å²) >= 11 is 1.62. The summed E-state index contributed by atoms with van der Waals surface area (Å²) in [6.45, 7) is 16.7. The largest absolute Gasteiger partial charge is 0.494 e. The number of benzene rings is 2. The van der Waals surface area contributed by atoms with E-state index in [-0.39, 0.29) is 50.0 Å². The first-order valence-electron chi connectivity index (χ1n) is 17.5. The molecule has 2 bridgehead atoms. The van der Waals surface area contributed by atoms with Gasteiger partial charge in [0.25, 0.3) is 0 Å². The fraction of sp³-hybridized carbons (Fsp3) is 0.500. The molecule has 3 amide bonds. The lowest BCUT2D eigenvalue weighted by atomic mass is 9.66. The maximum atomic E-state index is 15.1. The van der Waals surface area contributed by atoms with Crippen LogP contribution in [0.2, 0.25) is 0 Å². The summed E-state index contributed by atoms with van der Waals surface area (Å²) in [5.74, 6) is -1.49. The third-order valence-corrected chi connectivity index (χ3v) is 13.0. The highest BCUT2D eigenvalue weighted by molar-refractivity contribution is 8.02. The summed E-state index contributed by atoms with van der Waals surface area (Å²) < 4.78 is 5.87. The summed E-state index contributed by atoms with van der Waals surface area (Å²) in [6.07, 6.45) is 5.32. The van der Waals surface area contributed by atoms with E-state index >= 15 is 9.59 Å². The second kappa shape index (κ2) is 14.2. The standard InChI is InChI=1S/C38H48N6O5S/c1-7-21-41(24-43-29-14-12-11-13-28(29)39-40-43)36(48)33-38-20-19-37(6,50-38)31(32(38)35(47)44(33)30(23-45)25(5)9-3)34(46)42(22-8-2)26-15-17-27(18-16-26)49-10-4/h7-8,11-18,25,30-33,45H,1-2,9-10,19-24H2,3-6H3/t25-,30-,31-,32-,33?,37+,38?/m0/s1. The number of anilines is 1. The first kappa shape index (κ1) is 35.7. The lowest BCUT2D eigenvalue weighted by Crippen LogP contribution is -2.58. The number of amides is 3. The van der Waals surface area contributed by atoms with Crippen LogP contribution in [0.25, 0.3) is 11.0 Å². The lowest BCUT2D eigenvalue weighted by Gasteiger charge is -2.41. The molecule has 12 heteroatoms. The van der Waals surface area contributed by atoms with Crippen LogP contribution in [-0.2, 0) is 21.1 Å². The highest BCUT2D eigenvalue weighted by Crippen LogP contribution is 2.72. The molecule has 1 spiro atoms. The predicted octanol–water partition coefficient (Wildman–Crippen LogP) is 4.91. The highest BCUT2D eigenvalue weighted by Gasteiger charge is 2.78. The van der Waals surface area contributed by atoms with Crippen molar-refractivity contribution in [3.8, 4) is 5.75 Å². The van der Waals surface area contributed by atoms with Crippen LogP contribution in [0.1, 0.15) is 47.0 Å². The van der Waals surface area contributed by atoms with Gasteiger partial charge in [-0.25, -0.2) is 4.68 Å². The average Bonchev–Trinajstić information content (AvgIpc) is 3.83. The van der Waals surface area contributed by atoms with E-state index in [1.54, 1.807) is 43.3 Å². The lowest BCUT2D eigenvalue weighted by molar-refractivity contribution is -0.147. The monoisotopic (exact) mass is 700 g/mol. The topological polar surface area (TPSA) is 121 Å². The van der Waals surface area contributed by atoms with Gasteiger partial charge in [-0.3, -0.25) is 14.4 Å². The van der Waals surface area contributed by atoms with E-state index in [0.717, 1.165) is 5.52 Å². The Bertz CT molecular complexity index is 1760. The molecule has 3 aliphatic rings. The van der Waals surface area contributed by atoms with Crippen molar-refractivity contribution in [2.45, 2.75) is 75.2 Å². The van der Waals surface area contributed by atoms with Crippen molar-refractivity contribution in [2.75, 3.05) is 31.2 Å². The molecule has 3 fully saturated rings. The molecular formula is C38H48N6O5S. The number of aromatic nitrogens is 3. The minimum absolute atomic E-state index is 0.0883. The summed E-state index contributed by atoms with van der Waals surface area (Å²) in [5, 5.41) is 19.5. The number of aliphatic hydroxyl groups is 1. The van der Waals surface area contributed by atoms with Gasteiger partial charge in [-0.2, -0.15) is 0 Å². The van der Waals surface area contributed by atoms with Crippen LogP contribution in [-0.4, -0.2) is 95.5 Å². The molecule has 3 saturated heterocycles. The van der Waals surface area contributed by atoms with Gasteiger partial charge in [0.2, 0.25) is 17.7 Å². The second-order valence-corrected chi connectivity index (χ2v) is 15.7. The van der Waals surface area contributed by atoms with Crippen LogP contribution in [0, 0.1) is 17.8 Å². The Labute approximate surface area is 298 Å². The zero-order valence-electron chi connectivity index (χ0n) is 29.4. The molecule has 1 aromatic heterocycles. The number of para-hydroxylation sites is 1. The first-order chi connectivity index (χ1) is 24.1. The van der Waals surface area contributed by atoms with Crippen molar-refractivity contribution in [3.63, 3.8) is 0 Å². The van der Waals surface area contributed by atoms with E-state index in [4.69, 9.17) is 4.74 Å². The van der Waals surface area contributed by atoms with Crippen LogP contribution in [0.5, 0.6) is 5.75 Å². The van der Waals surface area contributed by atoms with Gasteiger partial charge < -0.3 is 24.5 Å². The van der Waals surface area contributed by atoms with Gasteiger partial charge in [0.1, 0.15) is 24.0 Å². The summed E-state index contributed by atoms with van der Waals surface area (Å²) in [7, 11) is 0. The summed E-state index contributed by atoms with van der Waals surface area (Å²) in [5.41, 5.74) is 2.18. The SMILES string of the molecule is C=CCN(Cn1nnc2ccccc21)C(=O)C1N([C@@H](CO)[C@@H](C)CC)C(=O)[C@@H]2[C@@H](C(=O)N(CC=C)c3ccc(OCC)cc3)[C@@]3(C)CCC12S3. The van der Waals surface area contributed by atoms with E-state index in [1.807, 2.05) is 69.3 Å². The minimum Gasteiger partial charge on any atom is -0.494 e. The Morgan fingerprint density at radius 3 is 2.48 bits per heavy atom. The summed E-state index contributed by atoms with van der Waals surface area (Å²) in [6, 6.07) is 13.4.